The van der Waals surface area contributed by atoms with Crippen molar-refractivity contribution in [1.82, 2.24) is 9.80 Å². The Hall–Kier alpha value is -2.84. The van der Waals surface area contributed by atoms with Crippen LogP contribution in [0, 0.1) is 0 Å². The van der Waals surface area contributed by atoms with Crippen molar-refractivity contribution in [1.29, 1.82) is 0 Å². The van der Waals surface area contributed by atoms with Gasteiger partial charge in [-0.15, -0.1) is 0 Å². The Bertz CT molecular complexity index is 1050. The monoisotopic (exact) mass is 516 g/mol. The average Bonchev–Trinajstić information content (AvgIpc) is 3.06. The van der Waals surface area contributed by atoms with Gasteiger partial charge in [-0.25, -0.2) is 0 Å². The molecule has 7 nitrogen and oxygen atoms in total. The third-order valence-electron chi connectivity index (χ3n) is 5.41. The van der Waals surface area contributed by atoms with Crippen LogP contribution in [-0.4, -0.2) is 67.5 Å². The lowest BCUT2D eigenvalue weighted by atomic mass is 9.95. The summed E-state index contributed by atoms with van der Waals surface area (Å²) >= 11 is 3.37. The van der Waals surface area contributed by atoms with Crippen molar-refractivity contribution in [2.45, 2.75) is 19.4 Å². The lowest BCUT2D eigenvalue weighted by Crippen LogP contribution is -2.35. The van der Waals surface area contributed by atoms with E-state index in [1.807, 2.05) is 32.0 Å². The van der Waals surface area contributed by atoms with Gasteiger partial charge in [0.25, 0.3) is 11.7 Å². The number of ketones is 1. The van der Waals surface area contributed by atoms with Crippen molar-refractivity contribution >= 4 is 33.4 Å². The third kappa shape index (κ3) is 5.39. The summed E-state index contributed by atoms with van der Waals surface area (Å²) < 4.78 is 12.1. The van der Waals surface area contributed by atoms with Gasteiger partial charge in [0.2, 0.25) is 0 Å². The second-order valence-electron chi connectivity index (χ2n) is 8.06. The summed E-state index contributed by atoms with van der Waals surface area (Å²) in [5.41, 5.74) is 1.18. The molecule has 0 spiro atoms. The van der Waals surface area contributed by atoms with Crippen molar-refractivity contribution in [3.8, 4) is 11.5 Å². The van der Waals surface area contributed by atoms with Crippen LogP contribution in [0.4, 0.5) is 0 Å². The summed E-state index contributed by atoms with van der Waals surface area (Å²) in [5.74, 6) is -0.456. The van der Waals surface area contributed by atoms with Gasteiger partial charge in [0.05, 0.1) is 25.3 Å². The molecule has 0 saturated carbocycles. The van der Waals surface area contributed by atoms with E-state index in [1.54, 1.807) is 43.5 Å². The van der Waals surface area contributed by atoms with E-state index in [4.69, 9.17) is 9.47 Å². The predicted octanol–water partition coefficient (Wildman–Crippen LogP) is 4.23. The van der Waals surface area contributed by atoms with E-state index >= 15 is 0 Å². The fourth-order valence-corrected chi connectivity index (χ4v) is 3.98. The molecule has 1 aliphatic heterocycles. The Balaban J connectivity index is 2.14. The Morgan fingerprint density at radius 3 is 2.42 bits per heavy atom. The number of carbonyl (C=O) groups is 2. The van der Waals surface area contributed by atoms with E-state index in [0.29, 0.717) is 42.3 Å². The normalized spacial score (nSPS) is 17.6. The third-order valence-corrected chi connectivity index (χ3v) is 5.94. The van der Waals surface area contributed by atoms with Crippen LogP contribution in [0.5, 0.6) is 11.5 Å². The first-order valence-electron chi connectivity index (χ1n) is 10.8. The van der Waals surface area contributed by atoms with Crippen molar-refractivity contribution in [3.05, 3.63) is 63.6 Å². The molecule has 1 amide bonds. The van der Waals surface area contributed by atoms with Crippen LogP contribution in [0.25, 0.3) is 5.76 Å². The fourth-order valence-electron chi connectivity index (χ4n) is 3.71. The number of benzene rings is 2. The van der Waals surface area contributed by atoms with E-state index in [2.05, 4.69) is 15.9 Å². The van der Waals surface area contributed by atoms with Crippen LogP contribution in [0.2, 0.25) is 0 Å². The highest BCUT2D eigenvalue weighted by Crippen LogP contribution is 2.42. The number of ether oxygens (including phenoxy) is 2. The molecule has 2 aromatic carbocycles. The first kappa shape index (κ1) is 24.8. The molecule has 176 valence electrons. The van der Waals surface area contributed by atoms with E-state index < -0.39 is 17.7 Å². The summed E-state index contributed by atoms with van der Waals surface area (Å²) in [4.78, 5) is 29.6. The number of carbonyl (C=O) groups excluding carboxylic acids is 2. The molecule has 1 N–H and O–H groups in total. The Morgan fingerprint density at radius 1 is 1.12 bits per heavy atom. The maximum Gasteiger partial charge on any atom is 0.295 e. The number of amides is 1. The number of nitrogens with zero attached hydrogens (tertiary/aromatic N) is 2. The van der Waals surface area contributed by atoms with Gasteiger partial charge in [0.1, 0.15) is 5.76 Å². The number of Topliss-reactive ketones (excluding diaryl/α,β-unsaturated/α-hetero) is 1. The van der Waals surface area contributed by atoms with Gasteiger partial charge in [-0.05, 0) is 50.3 Å². The van der Waals surface area contributed by atoms with E-state index in [9.17, 15) is 14.7 Å². The number of hydrogen-bond donors (Lipinski definition) is 1. The van der Waals surface area contributed by atoms with Crippen LogP contribution in [0.1, 0.15) is 30.5 Å². The Labute approximate surface area is 202 Å². The van der Waals surface area contributed by atoms with Gasteiger partial charge in [0.15, 0.2) is 11.5 Å². The van der Waals surface area contributed by atoms with Gasteiger partial charge in [-0.1, -0.05) is 41.1 Å². The first-order chi connectivity index (χ1) is 15.8. The second-order valence-corrected chi connectivity index (χ2v) is 8.98. The van der Waals surface area contributed by atoms with Gasteiger partial charge in [0, 0.05) is 23.1 Å². The summed E-state index contributed by atoms with van der Waals surface area (Å²) in [5, 5.41) is 11.1. The minimum Gasteiger partial charge on any atom is -0.507 e. The molecule has 33 heavy (non-hydrogen) atoms. The molecular formula is C25H29BrN2O5. The van der Waals surface area contributed by atoms with Crippen molar-refractivity contribution < 1.29 is 24.2 Å². The number of methoxy groups -OCH3 is 1. The SMILES string of the molecule is CCCOc1ccc(C2/C(=C(/O)c3ccc(Br)cc3)C(=O)C(=O)N2CCN(C)C)cc1OC. The number of aliphatic hydroxyl groups excluding tert-OH is 1. The zero-order valence-electron chi connectivity index (χ0n) is 19.3. The van der Waals surface area contributed by atoms with Crippen LogP contribution >= 0.6 is 15.9 Å². The lowest BCUT2D eigenvalue weighted by molar-refractivity contribution is -0.140. The van der Waals surface area contributed by atoms with Gasteiger partial charge in [-0.2, -0.15) is 0 Å². The molecule has 0 bridgehead atoms. The summed E-state index contributed by atoms with van der Waals surface area (Å²) in [6.45, 7) is 3.45. The highest BCUT2D eigenvalue weighted by Gasteiger charge is 2.46. The number of rotatable bonds is 9. The molecule has 8 heteroatoms. The first-order valence-corrected chi connectivity index (χ1v) is 11.6. The molecule has 0 aliphatic carbocycles. The molecule has 0 radical (unpaired) electrons. The molecule has 1 fully saturated rings. The highest BCUT2D eigenvalue weighted by atomic mass is 79.9. The maximum atomic E-state index is 13.1. The zero-order chi connectivity index (χ0) is 24.1. The van der Waals surface area contributed by atoms with Crippen LogP contribution in [0.3, 0.4) is 0 Å². The molecule has 2 aromatic rings. The van der Waals surface area contributed by atoms with Gasteiger partial charge in [-0.3, -0.25) is 9.59 Å². The maximum absolute atomic E-state index is 13.1. The quantitative estimate of drug-likeness (QED) is 0.305. The smallest absolute Gasteiger partial charge is 0.295 e. The number of hydrogen-bond acceptors (Lipinski definition) is 6. The number of halogens is 1. The highest BCUT2D eigenvalue weighted by molar-refractivity contribution is 9.10. The summed E-state index contributed by atoms with van der Waals surface area (Å²) in [6, 6.07) is 11.5. The average molecular weight is 517 g/mol. The second kappa shape index (κ2) is 10.9. The summed E-state index contributed by atoms with van der Waals surface area (Å²) in [7, 11) is 5.34. The van der Waals surface area contributed by atoms with Gasteiger partial charge >= 0.3 is 0 Å². The summed E-state index contributed by atoms with van der Waals surface area (Å²) in [6.07, 6.45) is 0.850. The van der Waals surface area contributed by atoms with Crippen molar-refractivity contribution in [2.24, 2.45) is 0 Å². The fraction of sp³-hybridized carbons (Fsp3) is 0.360. The van der Waals surface area contributed by atoms with Crippen molar-refractivity contribution in [3.63, 3.8) is 0 Å². The number of aliphatic hydroxyl groups is 1. The lowest BCUT2D eigenvalue weighted by Gasteiger charge is -2.27. The van der Waals surface area contributed by atoms with Crippen LogP contribution in [-0.2, 0) is 9.59 Å². The van der Waals surface area contributed by atoms with Gasteiger partial charge < -0.3 is 24.4 Å². The Morgan fingerprint density at radius 2 is 1.82 bits per heavy atom. The largest absolute Gasteiger partial charge is 0.507 e. The number of likely N-dealkylation sites (N-methyl/N-ethyl adjacent to an activating group) is 1. The molecule has 1 unspecified atom stereocenters. The topological polar surface area (TPSA) is 79.3 Å². The molecule has 1 heterocycles. The molecule has 3 rings (SSSR count). The molecule has 1 aliphatic rings. The molecule has 0 aromatic heterocycles. The van der Waals surface area contributed by atoms with E-state index in [1.165, 1.54) is 4.90 Å². The zero-order valence-corrected chi connectivity index (χ0v) is 20.9. The minimum absolute atomic E-state index is 0.0605. The molecule has 1 saturated heterocycles. The van der Waals surface area contributed by atoms with Crippen LogP contribution in [0.15, 0.2) is 52.5 Å². The predicted molar refractivity (Wildman–Crippen MR) is 130 cm³/mol. The molecular weight excluding hydrogens is 488 g/mol. The van der Waals surface area contributed by atoms with E-state index in [0.717, 1.165) is 10.9 Å². The standard InChI is InChI=1S/C25H29BrN2O5/c1-5-14-33-19-11-8-17(15-20(19)32-4)22-21(23(29)16-6-9-18(26)10-7-16)24(30)25(31)28(22)13-12-27(2)3/h6-11,15,22,29H,5,12-14H2,1-4H3/b23-21-. The van der Waals surface area contributed by atoms with Crippen LogP contribution < -0.4 is 9.47 Å². The number of likely N-dealkylation sites (tertiary alicyclic amines) is 1. The Kier molecular flexibility index (Phi) is 8.15. The van der Waals surface area contributed by atoms with E-state index in [-0.39, 0.29) is 11.3 Å². The van der Waals surface area contributed by atoms with Crippen molar-refractivity contribution in [2.75, 3.05) is 40.9 Å². The minimum atomic E-state index is -0.747. The molecule has 1 atom stereocenters.